The van der Waals surface area contributed by atoms with E-state index in [0.717, 1.165) is 23.1 Å². The van der Waals surface area contributed by atoms with E-state index in [1.54, 1.807) is 6.07 Å². The molecule has 0 radical (unpaired) electrons. The molecule has 0 amide bonds. The molecule has 0 N–H and O–H groups in total. The third kappa shape index (κ3) is 4.03. The quantitative estimate of drug-likeness (QED) is 0.484. The Kier molecular flexibility index (Phi) is 5.41. The van der Waals surface area contributed by atoms with Crippen LogP contribution in [0.25, 0.3) is 16.9 Å². The van der Waals surface area contributed by atoms with Crippen LogP contribution in [0.3, 0.4) is 0 Å². The second-order valence-electron chi connectivity index (χ2n) is 6.61. The predicted molar refractivity (Wildman–Crippen MR) is 97.0 cm³/mol. The van der Waals surface area contributed by atoms with Gasteiger partial charge in [0.25, 0.3) is 0 Å². The van der Waals surface area contributed by atoms with Gasteiger partial charge in [-0.25, -0.2) is 13.1 Å². The normalized spacial score (nSPS) is 13.4. The lowest BCUT2D eigenvalue weighted by Gasteiger charge is -2.26. The van der Waals surface area contributed by atoms with Crippen LogP contribution in [-0.4, -0.2) is 36.6 Å². The molecule has 3 aromatic rings. The minimum Gasteiger partial charge on any atom is -0.233 e. The summed E-state index contributed by atoms with van der Waals surface area (Å²) in [5, 5.41) is 3.34. The van der Waals surface area contributed by atoms with E-state index >= 15 is 0 Å². The van der Waals surface area contributed by atoms with Crippen LogP contribution in [0.4, 0.5) is 30.7 Å². The highest BCUT2D eigenvalue weighted by Crippen LogP contribution is 2.51. The molecular formula is C19H13F7N2O2S. The van der Waals surface area contributed by atoms with Gasteiger partial charge in [-0.05, 0) is 30.3 Å². The van der Waals surface area contributed by atoms with Crippen LogP contribution < -0.4 is 0 Å². The maximum absolute atomic E-state index is 14.2. The first-order valence-corrected chi connectivity index (χ1v) is 10.3. The third-order valence-electron chi connectivity index (χ3n) is 4.36. The van der Waals surface area contributed by atoms with Crippen molar-refractivity contribution in [3.05, 3.63) is 66.4 Å². The first-order chi connectivity index (χ1) is 14.2. The van der Waals surface area contributed by atoms with E-state index < -0.39 is 33.6 Å². The molecular weight excluding hydrogens is 453 g/mol. The summed E-state index contributed by atoms with van der Waals surface area (Å²) < 4.78 is 117. The fraction of sp³-hybridized carbons (Fsp3) is 0.211. The van der Waals surface area contributed by atoms with Crippen molar-refractivity contribution in [2.75, 3.05) is 6.26 Å². The van der Waals surface area contributed by atoms with Crippen molar-refractivity contribution in [3.63, 3.8) is 0 Å². The summed E-state index contributed by atoms with van der Waals surface area (Å²) in [7, 11) is -3.59. The number of sulfone groups is 1. The van der Waals surface area contributed by atoms with Gasteiger partial charge in [-0.3, -0.25) is 0 Å². The number of halogens is 7. The molecule has 0 bridgehead atoms. The Balaban J connectivity index is 2.21. The Labute approximate surface area is 171 Å². The van der Waals surface area contributed by atoms with Gasteiger partial charge in [0.1, 0.15) is 5.69 Å². The topological polar surface area (TPSA) is 52.0 Å². The van der Waals surface area contributed by atoms with Crippen molar-refractivity contribution in [2.45, 2.75) is 22.9 Å². The van der Waals surface area contributed by atoms with Gasteiger partial charge < -0.3 is 0 Å². The van der Waals surface area contributed by atoms with E-state index in [9.17, 15) is 39.2 Å². The summed E-state index contributed by atoms with van der Waals surface area (Å²) >= 11 is 0. The molecule has 0 aliphatic rings. The molecule has 0 saturated heterocycles. The Morgan fingerprint density at radius 1 is 0.839 bits per heavy atom. The highest BCUT2D eigenvalue weighted by molar-refractivity contribution is 7.90. The highest BCUT2D eigenvalue weighted by Gasteiger charge is 2.74. The fourth-order valence-electron chi connectivity index (χ4n) is 2.72. The molecule has 0 spiro atoms. The molecule has 166 valence electrons. The van der Waals surface area contributed by atoms with E-state index in [-0.39, 0.29) is 21.8 Å². The van der Waals surface area contributed by atoms with Crippen molar-refractivity contribution >= 4 is 9.84 Å². The van der Waals surface area contributed by atoms with Crippen molar-refractivity contribution in [3.8, 4) is 16.9 Å². The zero-order chi connectivity index (χ0) is 23.2. The van der Waals surface area contributed by atoms with Gasteiger partial charge in [0, 0.05) is 11.8 Å². The van der Waals surface area contributed by atoms with Crippen LogP contribution in [-0.2, 0) is 15.8 Å². The average molecular weight is 466 g/mol. The van der Waals surface area contributed by atoms with E-state index in [2.05, 4.69) is 5.10 Å². The number of hydrogen-bond acceptors (Lipinski definition) is 3. The van der Waals surface area contributed by atoms with E-state index in [4.69, 9.17) is 0 Å². The standard InChI is InChI=1S/C19H13F7N2O2S/c1-31(29,30)14-9-7-13(8-10-14)28-15(12-5-3-2-4-6-12)11-16(27-28)17(20,21)18(22,23)19(24,25)26/h2-11H,1H3. The smallest absolute Gasteiger partial charge is 0.233 e. The number of rotatable bonds is 5. The van der Waals surface area contributed by atoms with Crippen molar-refractivity contribution in [1.29, 1.82) is 0 Å². The molecule has 1 heterocycles. The molecule has 4 nitrogen and oxygen atoms in total. The lowest BCUT2D eigenvalue weighted by atomic mass is 10.1. The molecule has 0 atom stereocenters. The second-order valence-corrected chi connectivity index (χ2v) is 8.62. The van der Waals surface area contributed by atoms with Gasteiger partial charge in [0.2, 0.25) is 0 Å². The van der Waals surface area contributed by atoms with Gasteiger partial charge in [0.15, 0.2) is 9.84 Å². The van der Waals surface area contributed by atoms with E-state index in [1.165, 1.54) is 36.4 Å². The first kappa shape index (κ1) is 22.8. The fourth-order valence-corrected chi connectivity index (χ4v) is 3.35. The van der Waals surface area contributed by atoms with Crippen LogP contribution >= 0.6 is 0 Å². The molecule has 0 aliphatic carbocycles. The maximum Gasteiger partial charge on any atom is 0.460 e. The molecule has 0 fully saturated rings. The minimum atomic E-state index is -6.51. The summed E-state index contributed by atoms with van der Waals surface area (Å²) in [5.74, 6) is -12.0. The second kappa shape index (κ2) is 7.36. The van der Waals surface area contributed by atoms with Crippen LogP contribution in [0.5, 0.6) is 0 Å². The molecule has 0 aliphatic heterocycles. The first-order valence-electron chi connectivity index (χ1n) is 8.45. The van der Waals surface area contributed by atoms with Gasteiger partial charge in [-0.1, -0.05) is 30.3 Å². The number of alkyl halides is 7. The van der Waals surface area contributed by atoms with Crippen LogP contribution in [0.2, 0.25) is 0 Å². The SMILES string of the molecule is CS(=O)(=O)c1ccc(-n2nc(C(F)(F)C(F)(F)C(F)(F)F)cc2-c2ccccc2)cc1. The molecule has 31 heavy (non-hydrogen) atoms. The Morgan fingerprint density at radius 2 is 1.39 bits per heavy atom. The molecule has 1 aromatic heterocycles. The summed E-state index contributed by atoms with van der Waals surface area (Å²) in [6, 6.07) is 12.5. The number of benzene rings is 2. The predicted octanol–water partition coefficient (Wildman–Crippen LogP) is 5.23. The molecule has 0 unspecified atom stereocenters. The van der Waals surface area contributed by atoms with Gasteiger partial charge in [0.05, 0.1) is 16.3 Å². The summed E-state index contributed by atoms with van der Waals surface area (Å²) in [4.78, 5) is -0.112. The molecule has 0 saturated carbocycles. The number of nitrogens with zero attached hydrogens (tertiary/aromatic N) is 2. The monoisotopic (exact) mass is 466 g/mol. The van der Waals surface area contributed by atoms with E-state index in [1.807, 2.05) is 0 Å². The van der Waals surface area contributed by atoms with Crippen LogP contribution in [0.1, 0.15) is 5.69 Å². The largest absolute Gasteiger partial charge is 0.460 e. The van der Waals surface area contributed by atoms with Crippen molar-refractivity contribution in [2.24, 2.45) is 0 Å². The van der Waals surface area contributed by atoms with Crippen LogP contribution in [0.15, 0.2) is 65.6 Å². The lowest BCUT2D eigenvalue weighted by Crippen LogP contribution is -2.50. The Hall–Kier alpha value is -2.89. The number of hydrogen-bond donors (Lipinski definition) is 0. The zero-order valence-corrected chi connectivity index (χ0v) is 16.4. The molecule has 2 aromatic carbocycles. The Bertz CT molecular complexity index is 1190. The number of aromatic nitrogens is 2. The van der Waals surface area contributed by atoms with Crippen LogP contribution in [0, 0.1) is 0 Å². The zero-order valence-electron chi connectivity index (χ0n) is 15.5. The molecule has 3 rings (SSSR count). The maximum atomic E-state index is 14.2. The van der Waals surface area contributed by atoms with Crippen molar-refractivity contribution in [1.82, 2.24) is 9.78 Å². The Morgan fingerprint density at radius 3 is 1.87 bits per heavy atom. The van der Waals surface area contributed by atoms with Crippen molar-refractivity contribution < 1.29 is 39.2 Å². The lowest BCUT2D eigenvalue weighted by molar-refractivity contribution is -0.360. The average Bonchev–Trinajstić information content (AvgIpc) is 3.13. The van der Waals surface area contributed by atoms with Gasteiger partial charge >= 0.3 is 18.0 Å². The van der Waals surface area contributed by atoms with Gasteiger partial charge in [-0.2, -0.15) is 35.8 Å². The highest BCUT2D eigenvalue weighted by atomic mass is 32.2. The summed E-state index contributed by atoms with van der Waals surface area (Å²) in [5.41, 5.74) is -1.80. The molecule has 12 heteroatoms. The summed E-state index contributed by atoms with van der Waals surface area (Å²) in [6.07, 6.45) is -5.58. The van der Waals surface area contributed by atoms with E-state index in [0.29, 0.717) is 6.07 Å². The third-order valence-corrected chi connectivity index (χ3v) is 5.49. The van der Waals surface area contributed by atoms with Gasteiger partial charge in [-0.15, -0.1) is 0 Å². The summed E-state index contributed by atoms with van der Waals surface area (Å²) in [6.45, 7) is 0. The minimum absolute atomic E-state index is 0.0244.